The van der Waals surface area contributed by atoms with E-state index in [2.05, 4.69) is 198 Å². The maximum atomic E-state index is 12.2. The molecule has 6 aliphatic heterocycles. The van der Waals surface area contributed by atoms with Crippen molar-refractivity contribution in [1.29, 1.82) is 0 Å². The van der Waals surface area contributed by atoms with Gasteiger partial charge in [0.1, 0.15) is 33.5 Å². The number of aryl methyl sites for hydroxylation is 6. The summed E-state index contributed by atoms with van der Waals surface area (Å²) in [7, 11) is 0. The zero-order valence-corrected chi connectivity index (χ0v) is 66.2. The summed E-state index contributed by atoms with van der Waals surface area (Å²) in [6, 6.07) is 0.248. The topological polar surface area (TPSA) is 235 Å². The molecular weight excluding hydrogens is 1410 g/mol. The van der Waals surface area contributed by atoms with Crippen molar-refractivity contribution in [2.75, 3.05) is 58.9 Å². The molecule has 12 aromatic heterocycles. The van der Waals surface area contributed by atoms with Crippen LogP contribution in [0.5, 0.6) is 0 Å². The van der Waals surface area contributed by atoms with Crippen LogP contribution >= 0.6 is 34.0 Å². The zero-order valence-electron chi connectivity index (χ0n) is 63.7. The fourth-order valence-electron chi connectivity index (χ4n) is 18.9. The smallest absolute Gasteiger partial charge is 0.237 e. The first kappa shape index (κ1) is 78.0. The summed E-state index contributed by atoms with van der Waals surface area (Å²) >= 11 is 5.82. The Morgan fingerprint density at radius 3 is 0.833 bits per heavy atom. The van der Waals surface area contributed by atoms with Gasteiger partial charge in [-0.15, -0.1) is 34.0 Å². The van der Waals surface area contributed by atoms with Crippen LogP contribution in [0.25, 0.3) is 81.4 Å². The summed E-state index contributed by atoms with van der Waals surface area (Å²) in [5, 5.41) is 26.5. The van der Waals surface area contributed by atoms with Crippen molar-refractivity contribution in [2.24, 2.45) is 0 Å². The third-order valence-electron chi connectivity index (χ3n) is 24.9. The first-order valence-corrected chi connectivity index (χ1v) is 40.9. The minimum Gasteiger partial charge on any atom is -0.355 e. The number of nitrogens with zero attached hydrogens (tertiary/aromatic N) is 12. The molecule has 1 unspecified atom stereocenters. The third-order valence-corrected chi connectivity index (χ3v) is 29.0. The second-order valence-electron chi connectivity index (χ2n) is 31.8. The van der Waals surface area contributed by atoms with Crippen LogP contribution < -0.4 is 16.0 Å². The molecule has 0 aliphatic carbocycles. The Morgan fingerprint density at radius 2 is 0.611 bits per heavy atom. The van der Waals surface area contributed by atoms with Crippen molar-refractivity contribution in [3.8, 4) is 33.8 Å². The highest BCUT2D eigenvalue weighted by molar-refractivity contribution is 7.19. The number of rotatable bonds is 12. The van der Waals surface area contributed by atoms with Crippen LogP contribution in [-0.4, -0.2) is 168 Å². The fourth-order valence-corrected chi connectivity index (χ4v) is 23.0. The van der Waals surface area contributed by atoms with Crippen LogP contribution in [0.2, 0.25) is 0 Å². The van der Waals surface area contributed by atoms with E-state index in [0.29, 0.717) is 35.5 Å². The van der Waals surface area contributed by atoms with Gasteiger partial charge in [-0.1, -0.05) is 63.8 Å². The number of hydrogen-bond donors (Lipinski definition) is 6. The first-order valence-electron chi connectivity index (χ1n) is 38.4. The molecule has 0 aromatic carbocycles. The standard InChI is InChI=1S/3C27H34N6OS.3CH4/c3*1-14(2)21-22-17(5)24(18-7-10-32(11-8-18)20-6-9-28-26(20)34)35-27(22)31-23(21)19-12-33-25(29-13-30-33)16(4)15(19)3;;;/h3*12-14,18,20,31H,6-11H2,1-5H3,(H,28,34);3*1H4/t2*20-;;;;/m10..../s1. The molecule has 0 bridgehead atoms. The molecular formula is C84H114N18O3S3. The normalized spacial score (nSPS) is 19.5. The highest BCUT2D eigenvalue weighted by Gasteiger charge is 2.39. The van der Waals surface area contributed by atoms with Gasteiger partial charge in [0.05, 0.1) is 35.2 Å². The third kappa shape index (κ3) is 13.4. The van der Waals surface area contributed by atoms with E-state index in [9.17, 15) is 14.4 Å². The van der Waals surface area contributed by atoms with Gasteiger partial charge in [0.2, 0.25) is 17.7 Å². The summed E-state index contributed by atoms with van der Waals surface area (Å²) in [5.74, 6) is 3.55. The molecule has 3 atom stereocenters. The predicted molar refractivity (Wildman–Crippen MR) is 444 cm³/mol. The maximum absolute atomic E-state index is 12.2. The van der Waals surface area contributed by atoms with Crippen molar-refractivity contribution in [1.82, 2.24) is 89.4 Å². The molecule has 6 N–H and O–H groups in total. The van der Waals surface area contributed by atoms with Gasteiger partial charge in [0.15, 0.2) is 16.9 Å². The van der Waals surface area contributed by atoms with E-state index in [1.165, 1.54) is 146 Å². The van der Waals surface area contributed by atoms with E-state index < -0.39 is 0 Å². The van der Waals surface area contributed by atoms with Gasteiger partial charge >= 0.3 is 0 Å². The molecule has 0 spiro atoms. The van der Waals surface area contributed by atoms with Crippen LogP contribution in [0.3, 0.4) is 0 Å². The minimum atomic E-state index is 0. The van der Waals surface area contributed by atoms with E-state index in [1.807, 2.05) is 47.6 Å². The Balaban J connectivity index is 0.000000141. The summed E-state index contributed by atoms with van der Waals surface area (Å²) in [5.41, 5.74) is 25.8. The number of carbonyl (C=O) groups excluding carboxylic acids is 3. The lowest BCUT2D eigenvalue weighted by molar-refractivity contribution is -0.124. The van der Waals surface area contributed by atoms with Crippen molar-refractivity contribution in [2.45, 2.75) is 238 Å². The molecule has 6 fully saturated rings. The lowest BCUT2D eigenvalue weighted by atomic mass is 9.89. The van der Waals surface area contributed by atoms with Gasteiger partial charge in [-0.2, -0.15) is 15.3 Å². The average Bonchev–Trinajstić information content (AvgIpc) is 1.59. The van der Waals surface area contributed by atoms with E-state index in [0.717, 1.165) is 134 Å². The quantitative estimate of drug-likeness (QED) is 0.0670. The van der Waals surface area contributed by atoms with Gasteiger partial charge in [-0.3, -0.25) is 29.1 Å². The second kappa shape index (κ2) is 31.0. The largest absolute Gasteiger partial charge is 0.355 e. The number of amides is 3. The van der Waals surface area contributed by atoms with Crippen molar-refractivity contribution in [3.63, 3.8) is 0 Å². The van der Waals surface area contributed by atoms with Gasteiger partial charge in [0, 0.05) is 85.7 Å². The molecule has 21 nitrogen and oxygen atoms in total. The number of aromatic nitrogens is 12. The van der Waals surface area contributed by atoms with Crippen molar-refractivity contribution < 1.29 is 14.4 Å². The number of aromatic amines is 3. The van der Waals surface area contributed by atoms with E-state index in [4.69, 9.17) is 0 Å². The second-order valence-corrected chi connectivity index (χ2v) is 34.9. The van der Waals surface area contributed by atoms with Gasteiger partial charge in [0.25, 0.3) is 0 Å². The summed E-state index contributed by atoms with van der Waals surface area (Å²) < 4.78 is 5.69. The molecule has 576 valence electrons. The summed E-state index contributed by atoms with van der Waals surface area (Å²) in [6.07, 6.45) is 20.8. The Bertz CT molecular complexity index is 4830. The predicted octanol–water partition coefficient (Wildman–Crippen LogP) is 17.1. The number of nitrogens with one attached hydrogen (secondary N) is 6. The Labute approximate surface area is 648 Å². The molecule has 6 aliphatic rings. The molecule has 18 rings (SSSR count). The number of likely N-dealkylation sites (tertiary alicyclic amines) is 3. The lowest BCUT2D eigenvalue weighted by Crippen LogP contribution is -2.44. The van der Waals surface area contributed by atoms with Crippen LogP contribution in [0.4, 0.5) is 0 Å². The van der Waals surface area contributed by atoms with Crippen molar-refractivity contribution in [3.05, 3.63) is 119 Å². The molecule has 6 saturated heterocycles. The SMILES string of the molecule is C.C.C.Cc1c(-c2[nH]c3sc(C4CCN(C5CCNC5=O)CC4)c(C)c3c2C(C)C)cn2ncnc2c1C.Cc1c(-c2[nH]c3sc(C4CCN([C@@H]5CCNC5=O)CC4)c(C)c3c2C(C)C)cn2ncnc2c1C.Cc1c(-c2[nH]c3sc(C4CCN([C@H]5CCNC5=O)CC4)c(C)c3c2C(C)C)cn2ncnc2c1C. The maximum Gasteiger partial charge on any atom is 0.237 e. The highest BCUT2D eigenvalue weighted by atomic mass is 32.1. The average molecular weight is 1520 g/mol. The molecule has 3 amide bonds. The number of pyridine rings is 3. The number of H-pyrrole nitrogens is 3. The zero-order chi connectivity index (χ0) is 73.3. The number of carbonyl (C=O) groups is 3. The molecule has 0 saturated carbocycles. The Morgan fingerprint density at radius 1 is 0.361 bits per heavy atom. The van der Waals surface area contributed by atoms with E-state index >= 15 is 0 Å². The molecule has 108 heavy (non-hydrogen) atoms. The van der Waals surface area contributed by atoms with E-state index in [-0.39, 0.29) is 58.1 Å². The summed E-state index contributed by atoms with van der Waals surface area (Å²) in [6.45, 7) is 42.2. The van der Waals surface area contributed by atoms with Gasteiger partial charge < -0.3 is 30.9 Å². The van der Waals surface area contributed by atoms with Crippen LogP contribution in [0.15, 0.2) is 37.6 Å². The fraction of sp³-hybridized carbons (Fsp3) is 0.536. The Hall–Kier alpha value is -8.13. The Kier molecular flexibility index (Phi) is 22.4. The summed E-state index contributed by atoms with van der Waals surface area (Å²) in [4.78, 5) is 76.9. The van der Waals surface area contributed by atoms with Gasteiger partial charge in [-0.25, -0.2) is 28.5 Å². The minimum absolute atomic E-state index is 0. The first-order chi connectivity index (χ1) is 50.5. The molecule has 12 aromatic rings. The monoisotopic (exact) mass is 1520 g/mol. The number of thiophene rings is 3. The number of fused-ring (bicyclic) bond motifs is 6. The number of piperidine rings is 3. The van der Waals surface area contributed by atoms with E-state index in [1.54, 1.807) is 19.0 Å². The van der Waals surface area contributed by atoms with Crippen LogP contribution in [-0.2, 0) is 14.4 Å². The van der Waals surface area contributed by atoms with Crippen LogP contribution in [0, 0.1) is 62.3 Å². The molecule has 18 heterocycles. The number of hydrogen-bond acceptors (Lipinski definition) is 15. The molecule has 24 heteroatoms. The van der Waals surface area contributed by atoms with Crippen molar-refractivity contribution >= 4 is 99.3 Å². The lowest BCUT2D eigenvalue weighted by Gasteiger charge is -2.34. The van der Waals surface area contributed by atoms with Gasteiger partial charge in [-0.05, 0) is 262 Å². The van der Waals surface area contributed by atoms with Crippen LogP contribution in [0.1, 0.15) is 239 Å². The molecule has 0 radical (unpaired) electrons. The highest BCUT2D eigenvalue weighted by Crippen LogP contribution is 2.51.